The summed E-state index contributed by atoms with van der Waals surface area (Å²) in [4.78, 5) is 0. The number of rotatable bonds is 2. The van der Waals surface area contributed by atoms with Gasteiger partial charge in [0.15, 0.2) is 5.41 Å². The first kappa shape index (κ1) is 18.6. The summed E-state index contributed by atoms with van der Waals surface area (Å²) < 4.78 is 25.8. The molecule has 2 aliphatic heterocycles. The molecule has 0 saturated carbocycles. The molecule has 0 radical (unpaired) electrons. The van der Waals surface area contributed by atoms with Gasteiger partial charge in [0.05, 0.1) is 24.1 Å². The zero-order valence-electron chi connectivity index (χ0n) is 15.4. The molecule has 0 aliphatic carbocycles. The van der Waals surface area contributed by atoms with Gasteiger partial charge in [0.2, 0.25) is 17.1 Å². The van der Waals surface area contributed by atoms with Crippen LogP contribution < -0.4 is 0 Å². The topological polar surface area (TPSA) is 114 Å². The SMILES string of the molecule is CC12OC(=N)C(C#N)(C1c1ccccc1)C(C#N)(C#N)C(c1cccc(F)c1)O2. The van der Waals surface area contributed by atoms with Crippen LogP contribution >= 0.6 is 0 Å². The van der Waals surface area contributed by atoms with Gasteiger partial charge in [0.25, 0.3) is 0 Å². The Morgan fingerprint density at radius 2 is 1.62 bits per heavy atom. The van der Waals surface area contributed by atoms with E-state index in [0.717, 1.165) is 6.07 Å². The minimum atomic E-state index is -2.14. The van der Waals surface area contributed by atoms with Gasteiger partial charge in [0.1, 0.15) is 11.9 Å². The minimum absolute atomic E-state index is 0.226. The largest absolute Gasteiger partial charge is 0.447 e. The number of hydrogen-bond acceptors (Lipinski definition) is 6. The Labute approximate surface area is 166 Å². The van der Waals surface area contributed by atoms with Crippen molar-refractivity contribution in [3.63, 3.8) is 0 Å². The third-order valence-corrected chi connectivity index (χ3v) is 5.80. The standard InChI is InChI=1S/C22H15FN4O2/c1-20-17(14-6-3-2-4-7-14)22(13-26,19(27)29-20)21(11-24,12-25)18(28-20)15-8-5-9-16(23)10-15/h2-10,17-18,27H,1H3. The highest BCUT2D eigenvalue weighted by Gasteiger charge is 2.79. The summed E-state index contributed by atoms with van der Waals surface area (Å²) in [7, 11) is 0. The lowest BCUT2D eigenvalue weighted by Gasteiger charge is -2.48. The molecule has 2 fully saturated rings. The van der Waals surface area contributed by atoms with Crippen LogP contribution in [0.3, 0.4) is 0 Å². The molecule has 4 unspecified atom stereocenters. The fourth-order valence-electron chi connectivity index (χ4n) is 4.60. The Kier molecular flexibility index (Phi) is 3.94. The summed E-state index contributed by atoms with van der Waals surface area (Å²) in [5, 5.41) is 39.1. The van der Waals surface area contributed by atoms with E-state index in [1.165, 1.54) is 18.2 Å². The van der Waals surface area contributed by atoms with Crippen molar-refractivity contribution in [3.05, 3.63) is 71.5 Å². The molecule has 0 spiro atoms. The summed E-state index contributed by atoms with van der Waals surface area (Å²) in [6.45, 7) is 1.57. The summed E-state index contributed by atoms with van der Waals surface area (Å²) in [5.74, 6) is -3.47. The van der Waals surface area contributed by atoms with E-state index in [9.17, 15) is 20.2 Å². The van der Waals surface area contributed by atoms with Crippen LogP contribution in [-0.4, -0.2) is 11.7 Å². The summed E-state index contributed by atoms with van der Waals surface area (Å²) in [6.07, 6.45) is -1.29. The van der Waals surface area contributed by atoms with E-state index in [-0.39, 0.29) is 5.56 Å². The highest BCUT2D eigenvalue weighted by atomic mass is 19.1. The number of halogens is 1. The fourth-order valence-corrected chi connectivity index (χ4v) is 4.60. The van der Waals surface area contributed by atoms with Crippen LogP contribution in [0.5, 0.6) is 0 Å². The number of fused-ring (bicyclic) bond motifs is 2. The molecule has 4 rings (SSSR count). The van der Waals surface area contributed by atoms with Crippen molar-refractivity contribution >= 4 is 5.90 Å². The predicted octanol–water partition coefficient (Wildman–Crippen LogP) is 3.95. The second-order valence-electron chi connectivity index (χ2n) is 7.30. The van der Waals surface area contributed by atoms with Gasteiger partial charge < -0.3 is 9.47 Å². The van der Waals surface area contributed by atoms with Gasteiger partial charge in [-0.15, -0.1) is 0 Å². The number of ether oxygens (including phenoxy) is 2. The maximum atomic E-state index is 13.9. The Morgan fingerprint density at radius 1 is 0.966 bits per heavy atom. The lowest BCUT2D eigenvalue weighted by molar-refractivity contribution is -0.253. The van der Waals surface area contributed by atoms with Crippen molar-refractivity contribution in [3.8, 4) is 18.2 Å². The Bertz CT molecular complexity index is 1120. The first-order valence-electron chi connectivity index (χ1n) is 8.88. The predicted molar refractivity (Wildman–Crippen MR) is 98.3 cm³/mol. The third kappa shape index (κ3) is 2.18. The normalized spacial score (nSPS) is 31.8. The number of benzene rings is 2. The average Bonchev–Trinajstić information content (AvgIpc) is 2.91. The van der Waals surface area contributed by atoms with E-state index in [2.05, 4.69) is 6.07 Å². The highest BCUT2D eigenvalue weighted by Crippen LogP contribution is 2.69. The fraction of sp³-hybridized carbons (Fsp3) is 0.273. The average molecular weight is 386 g/mol. The van der Waals surface area contributed by atoms with Crippen LogP contribution in [0.2, 0.25) is 0 Å². The van der Waals surface area contributed by atoms with E-state index >= 15 is 0 Å². The maximum Gasteiger partial charge on any atom is 0.218 e. The van der Waals surface area contributed by atoms with Crippen LogP contribution in [0.1, 0.15) is 30.1 Å². The molecule has 0 amide bonds. The van der Waals surface area contributed by atoms with E-state index in [0.29, 0.717) is 5.56 Å². The van der Waals surface area contributed by atoms with Crippen molar-refractivity contribution in [2.24, 2.45) is 10.8 Å². The van der Waals surface area contributed by atoms with E-state index in [4.69, 9.17) is 14.9 Å². The molecule has 2 bridgehead atoms. The molecule has 1 N–H and O–H groups in total. The van der Waals surface area contributed by atoms with Gasteiger partial charge in [-0.2, -0.15) is 15.8 Å². The van der Waals surface area contributed by atoms with Gasteiger partial charge in [-0.05, 0) is 23.3 Å². The molecule has 7 heteroatoms. The minimum Gasteiger partial charge on any atom is -0.447 e. The van der Waals surface area contributed by atoms with Crippen LogP contribution in [0, 0.1) is 56.0 Å². The van der Waals surface area contributed by atoms with Crippen molar-refractivity contribution in [1.82, 2.24) is 0 Å². The molecular weight excluding hydrogens is 371 g/mol. The zero-order chi connectivity index (χ0) is 20.9. The molecule has 2 aliphatic rings. The molecule has 2 aromatic rings. The first-order valence-corrected chi connectivity index (χ1v) is 8.88. The lowest BCUT2D eigenvalue weighted by Crippen LogP contribution is -2.57. The molecule has 2 aromatic carbocycles. The number of nitrogens with zero attached hydrogens (tertiary/aromatic N) is 3. The lowest BCUT2D eigenvalue weighted by atomic mass is 9.52. The number of hydrogen-bond donors (Lipinski definition) is 1. The van der Waals surface area contributed by atoms with Crippen molar-refractivity contribution in [1.29, 1.82) is 21.2 Å². The van der Waals surface area contributed by atoms with Crippen LogP contribution in [0.4, 0.5) is 4.39 Å². The Morgan fingerprint density at radius 3 is 2.21 bits per heavy atom. The molecule has 29 heavy (non-hydrogen) atoms. The Hall–Kier alpha value is -3.73. The van der Waals surface area contributed by atoms with Gasteiger partial charge in [0, 0.05) is 6.92 Å². The van der Waals surface area contributed by atoms with E-state index in [1.807, 2.05) is 12.1 Å². The smallest absolute Gasteiger partial charge is 0.218 e. The summed E-state index contributed by atoms with van der Waals surface area (Å²) in [5.41, 5.74) is -3.25. The van der Waals surface area contributed by atoms with Gasteiger partial charge in [-0.25, -0.2) is 4.39 Å². The molecule has 2 heterocycles. The second kappa shape index (κ2) is 6.14. The first-order chi connectivity index (χ1) is 13.9. The van der Waals surface area contributed by atoms with Gasteiger partial charge >= 0.3 is 0 Å². The number of nitriles is 3. The van der Waals surface area contributed by atoms with Gasteiger partial charge in [-0.3, -0.25) is 5.41 Å². The summed E-state index contributed by atoms with van der Waals surface area (Å²) >= 11 is 0. The quantitative estimate of drug-likeness (QED) is 0.839. The van der Waals surface area contributed by atoms with Gasteiger partial charge in [-0.1, -0.05) is 42.5 Å². The number of nitrogens with one attached hydrogen (secondary N) is 1. The van der Waals surface area contributed by atoms with Crippen LogP contribution in [-0.2, 0) is 9.47 Å². The third-order valence-electron chi connectivity index (χ3n) is 5.80. The van der Waals surface area contributed by atoms with Crippen molar-refractivity contribution in [2.45, 2.75) is 24.7 Å². The zero-order valence-corrected chi connectivity index (χ0v) is 15.4. The maximum absolute atomic E-state index is 13.9. The van der Waals surface area contributed by atoms with E-state index < -0.39 is 40.4 Å². The molecule has 142 valence electrons. The second-order valence-corrected chi connectivity index (χ2v) is 7.30. The summed E-state index contributed by atoms with van der Waals surface area (Å²) in [6, 6.07) is 20.1. The van der Waals surface area contributed by atoms with Crippen LogP contribution in [0.25, 0.3) is 0 Å². The van der Waals surface area contributed by atoms with Crippen molar-refractivity contribution < 1.29 is 13.9 Å². The molecule has 2 saturated heterocycles. The van der Waals surface area contributed by atoms with Crippen LogP contribution in [0.15, 0.2) is 54.6 Å². The molecule has 6 nitrogen and oxygen atoms in total. The molecule has 4 atom stereocenters. The van der Waals surface area contributed by atoms with E-state index in [1.54, 1.807) is 37.3 Å². The molecular formula is C22H15FN4O2. The highest BCUT2D eigenvalue weighted by molar-refractivity contribution is 5.90. The molecule has 0 aromatic heterocycles. The van der Waals surface area contributed by atoms with Crippen molar-refractivity contribution in [2.75, 3.05) is 0 Å². The Balaban J connectivity index is 2.05. The monoisotopic (exact) mass is 386 g/mol.